The van der Waals surface area contributed by atoms with E-state index in [1.165, 1.54) is 12.8 Å². The van der Waals surface area contributed by atoms with Crippen molar-refractivity contribution >= 4 is 0 Å². The minimum atomic E-state index is -0.222. The molecule has 1 N–H and O–H groups in total. The number of fused-ring (bicyclic) bond motifs is 2. The lowest BCUT2D eigenvalue weighted by Crippen LogP contribution is -2.47. The van der Waals surface area contributed by atoms with Gasteiger partial charge in [0.1, 0.15) is 0 Å². The van der Waals surface area contributed by atoms with Crippen LogP contribution in [0.3, 0.4) is 0 Å². The molecule has 2 bridgehead atoms. The van der Waals surface area contributed by atoms with Gasteiger partial charge in [-0.2, -0.15) is 0 Å². The van der Waals surface area contributed by atoms with E-state index in [1.807, 2.05) is 0 Å². The molecule has 4 nitrogen and oxygen atoms in total. The molecule has 3 fully saturated rings. The van der Waals surface area contributed by atoms with Gasteiger partial charge in [0.25, 0.3) is 0 Å². The Labute approximate surface area is 96.5 Å². The summed E-state index contributed by atoms with van der Waals surface area (Å²) >= 11 is 0. The molecule has 0 spiro atoms. The molecular weight excluding hydrogens is 206 g/mol. The first-order chi connectivity index (χ1) is 7.81. The van der Waals surface area contributed by atoms with Crippen LogP contribution in [-0.4, -0.2) is 61.2 Å². The van der Waals surface area contributed by atoms with Gasteiger partial charge in [0, 0.05) is 32.2 Å². The van der Waals surface area contributed by atoms with E-state index in [0.29, 0.717) is 18.1 Å². The molecule has 16 heavy (non-hydrogen) atoms. The monoisotopic (exact) mass is 227 g/mol. The summed E-state index contributed by atoms with van der Waals surface area (Å²) in [6.45, 7) is 4.35. The largest absolute Gasteiger partial charge is 0.391 e. The smallest absolute Gasteiger partial charge is 0.0718 e. The average molecular weight is 227 g/mol. The Bertz CT molecular complexity index is 230. The summed E-state index contributed by atoms with van der Waals surface area (Å²) in [5.74, 6) is 0.348. The molecule has 4 unspecified atom stereocenters. The van der Waals surface area contributed by atoms with Crippen molar-refractivity contribution in [2.75, 3.05) is 32.8 Å². The van der Waals surface area contributed by atoms with Crippen LogP contribution in [0, 0.1) is 5.92 Å². The van der Waals surface area contributed by atoms with Gasteiger partial charge in [0.15, 0.2) is 0 Å². The lowest BCUT2D eigenvalue weighted by molar-refractivity contribution is -0.0551. The minimum Gasteiger partial charge on any atom is -0.391 e. The molecule has 3 aliphatic rings. The number of morpholine rings is 1. The number of β-amino-alcohol motifs (C(OH)–C–C–N with tert-alkyl or cyclic N) is 1. The van der Waals surface area contributed by atoms with Crippen molar-refractivity contribution in [3.05, 3.63) is 0 Å². The second kappa shape index (κ2) is 4.61. The van der Waals surface area contributed by atoms with Gasteiger partial charge < -0.3 is 14.6 Å². The summed E-state index contributed by atoms with van der Waals surface area (Å²) in [4.78, 5) is 2.37. The van der Waals surface area contributed by atoms with E-state index in [9.17, 15) is 5.11 Å². The maximum Gasteiger partial charge on any atom is 0.0718 e. The Kier molecular flexibility index (Phi) is 3.16. The fraction of sp³-hybridized carbons (Fsp3) is 1.00. The maximum atomic E-state index is 10.1. The Morgan fingerprint density at radius 1 is 1.19 bits per heavy atom. The fourth-order valence-corrected chi connectivity index (χ4v) is 3.12. The van der Waals surface area contributed by atoms with Gasteiger partial charge >= 0.3 is 0 Å². The molecular formula is C12H21NO3. The summed E-state index contributed by atoms with van der Waals surface area (Å²) in [6.07, 6.45) is 4.03. The Morgan fingerprint density at radius 2 is 1.94 bits per heavy atom. The quantitative estimate of drug-likeness (QED) is 0.750. The summed E-state index contributed by atoms with van der Waals surface area (Å²) in [5.41, 5.74) is 0. The number of rotatable bonds is 3. The zero-order chi connectivity index (χ0) is 11.0. The van der Waals surface area contributed by atoms with E-state index in [0.717, 1.165) is 39.3 Å². The SMILES string of the molecule is OC(CN1CC2CCC(C1)O2)C1CCOC1. The first-order valence-corrected chi connectivity index (χ1v) is 6.45. The molecule has 3 heterocycles. The predicted molar refractivity (Wildman–Crippen MR) is 59.3 cm³/mol. The van der Waals surface area contributed by atoms with Crippen LogP contribution in [0.5, 0.6) is 0 Å². The normalized spacial score (nSPS) is 41.4. The highest BCUT2D eigenvalue weighted by atomic mass is 16.5. The molecule has 0 amide bonds. The van der Waals surface area contributed by atoms with Crippen LogP contribution in [0.1, 0.15) is 19.3 Å². The molecule has 4 atom stereocenters. The lowest BCUT2D eigenvalue weighted by Gasteiger charge is -2.34. The van der Waals surface area contributed by atoms with Gasteiger partial charge in [-0.3, -0.25) is 4.90 Å². The third-order valence-electron chi connectivity index (χ3n) is 4.07. The van der Waals surface area contributed by atoms with E-state index in [4.69, 9.17) is 9.47 Å². The highest BCUT2D eigenvalue weighted by Crippen LogP contribution is 2.27. The molecule has 0 aliphatic carbocycles. The third kappa shape index (κ3) is 2.25. The second-order valence-electron chi connectivity index (χ2n) is 5.37. The molecule has 0 radical (unpaired) electrons. The molecule has 0 aromatic carbocycles. The lowest BCUT2D eigenvalue weighted by atomic mass is 10.0. The molecule has 3 rings (SSSR count). The topological polar surface area (TPSA) is 41.9 Å². The number of nitrogens with zero attached hydrogens (tertiary/aromatic N) is 1. The standard InChI is InChI=1S/C12H21NO3/c14-12(9-3-4-15-8-9)7-13-5-10-1-2-11(6-13)16-10/h9-12,14H,1-8H2. The molecule has 3 aliphatic heterocycles. The van der Waals surface area contributed by atoms with E-state index in [1.54, 1.807) is 0 Å². The zero-order valence-electron chi connectivity index (χ0n) is 9.68. The second-order valence-corrected chi connectivity index (χ2v) is 5.37. The molecule has 0 aromatic rings. The van der Waals surface area contributed by atoms with E-state index in [2.05, 4.69) is 4.90 Å². The molecule has 0 saturated carbocycles. The number of aliphatic hydroxyl groups excluding tert-OH is 1. The van der Waals surface area contributed by atoms with Gasteiger partial charge in [-0.25, -0.2) is 0 Å². The summed E-state index contributed by atoms with van der Waals surface area (Å²) in [7, 11) is 0. The number of aliphatic hydroxyl groups is 1. The van der Waals surface area contributed by atoms with E-state index >= 15 is 0 Å². The van der Waals surface area contributed by atoms with Gasteiger partial charge in [0.2, 0.25) is 0 Å². The van der Waals surface area contributed by atoms with Crippen molar-refractivity contribution in [3.8, 4) is 0 Å². The van der Waals surface area contributed by atoms with Gasteiger partial charge in [0.05, 0.1) is 24.9 Å². The van der Waals surface area contributed by atoms with Crippen molar-refractivity contribution in [1.29, 1.82) is 0 Å². The first-order valence-electron chi connectivity index (χ1n) is 6.45. The Balaban J connectivity index is 1.50. The van der Waals surface area contributed by atoms with E-state index < -0.39 is 0 Å². The summed E-state index contributed by atoms with van der Waals surface area (Å²) < 4.78 is 11.1. The summed E-state index contributed by atoms with van der Waals surface area (Å²) in [6, 6.07) is 0. The Morgan fingerprint density at radius 3 is 2.56 bits per heavy atom. The van der Waals surface area contributed by atoms with Crippen LogP contribution in [0.2, 0.25) is 0 Å². The van der Waals surface area contributed by atoms with Crippen LogP contribution in [-0.2, 0) is 9.47 Å². The number of hydrogen-bond acceptors (Lipinski definition) is 4. The highest BCUT2D eigenvalue weighted by Gasteiger charge is 2.35. The van der Waals surface area contributed by atoms with Crippen molar-refractivity contribution in [2.24, 2.45) is 5.92 Å². The molecule has 3 saturated heterocycles. The van der Waals surface area contributed by atoms with Crippen molar-refractivity contribution in [1.82, 2.24) is 4.90 Å². The van der Waals surface area contributed by atoms with Crippen molar-refractivity contribution in [3.63, 3.8) is 0 Å². The fourth-order valence-electron chi connectivity index (χ4n) is 3.12. The van der Waals surface area contributed by atoms with Gasteiger partial charge in [-0.1, -0.05) is 0 Å². The number of ether oxygens (including phenoxy) is 2. The van der Waals surface area contributed by atoms with E-state index in [-0.39, 0.29) is 6.10 Å². The predicted octanol–water partition coefficient (Wildman–Crippen LogP) is 0.247. The number of likely N-dealkylation sites (tertiary alicyclic amines) is 1. The van der Waals surface area contributed by atoms with Crippen LogP contribution >= 0.6 is 0 Å². The minimum absolute atomic E-state index is 0.222. The molecule has 92 valence electrons. The molecule has 4 heteroatoms. The zero-order valence-corrected chi connectivity index (χ0v) is 9.68. The highest BCUT2D eigenvalue weighted by molar-refractivity contribution is 4.86. The summed E-state index contributed by atoms with van der Waals surface area (Å²) in [5, 5.41) is 10.1. The Hall–Kier alpha value is -0.160. The van der Waals surface area contributed by atoms with Gasteiger partial charge in [-0.05, 0) is 19.3 Å². The number of hydrogen-bond donors (Lipinski definition) is 1. The average Bonchev–Trinajstić information content (AvgIpc) is 2.88. The van der Waals surface area contributed by atoms with Crippen molar-refractivity contribution in [2.45, 2.75) is 37.6 Å². The molecule has 0 aromatic heterocycles. The maximum absolute atomic E-state index is 10.1. The van der Waals surface area contributed by atoms with Crippen LogP contribution in [0.4, 0.5) is 0 Å². The first kappa shape index (κ1) is 11.0. The van der Waals surface area contributed by atoms with Crippen LogP contribution < -0.4 is 0 Å². The van der Waals surface area contributed by atoms with Crippen LogP contribution in [0.15, 0.2) is 0 Å². The third-order valence-corrected chi connectivity index (χ3v) is 4.07. The van der Waals surface area contributed by atoms with Crippen LogP contribution in [0.25, 0.3) is 0 Å². The van der Waals surface area contributed by atoms with Gasteiger partial charge in [-0.15, -0.1) is 0 Å². The van der Waals surface area contributed by atoms with Crippen molar-refractivity contribution < 1.29 is 14.6 Å².